The molecule has 4 heteroatoms. The molecule has 0 aromatic carbocycles. The molecule has 19 heavy (non-hydrogen) atoms. The summed E-state index contributed by atoms with van der Waals surface area (Å²) in [4.78, 5) is 8.04. The van der Waals surface area contributed by atoms with Crippen LogP contribution in [0.25, 0.3) is 0 Å². The summed E-state index contributed by atoms with van der Waals surface area (Å²) in [6, 6.07) is 1.78. The van der Waals surface area contributed by atoms with Crippen LogP contribution < -0.4 is 0 Å². The van der Waals surface area contributed by atoms with Crippen LogP contribution in [0.1, 0.15) is 25.7 Å². The van der Waals surface area contributed by atoms with Crippen LogP contribution in [0.5, 0.6) is 0 Å². The van der Waals surface area contributed by atoms with Crippen LogP contribution in [0, 0.1) is 0 Å². The normalized spacial score (nSPS) is 30.8. The molecule has 0 atom stereocenters. The highest BCUT2D eigenvalue weighted by molar-refractivity contribution is 7.99. The molecule has 0 radical (unpaired) electrons. The highest BCUT2D eigenvalue weighted by Gasteiger charge is 2.30. The lowest BCUT2D eigenvalue weighted by molar-refractivity contribution is 0.0625. The number of hydrogen-bond acceptors (Lipinski definition) is 4. The Kier molecular flexibility index (Phi) is 5.07. The van der Waals surface area contributed by atoms with Crippen LogP contribution in [0.15, 0.2) is 0 Å². The molecule has 3 heterocycles. The zero-order valence-electron chi connectivity index (χ0n) is 12.4. The van der Waals surface area contributed by atoms with Gasteiger partial charge < -0.3 is 9.80 Å². The predicted octanol–water partition coefficient (Wildman–Crippen LogP) is 1.59. The maximum atomic E-state index is 2.79. The molecular formula is C15H29N3S. The average molecular weight is 283 g/mol. The van der Waals surface area contributed by atoms with Gasteiger partial charge in [0, 0.05) is 36.7 Å². The van der Waals surface area contributed by atoms with Crippen LogP contribution in [-0.2, 0) is 0 Å². The minimum absolute atomic E-state index is 0.883. The Bertz CT molecular complexity index is 265. The fourth-order valence-electron chi connectivity index (χ4n) is 3.92. The third-order valence-corrected chi connectivity index (χ3v) is 6.21. The molecule has 0 aromatic heterocycles. The Morgan fingerprint density at radius 1 is 0.684 bits per heavy atom. The van der Waals surface area contributed by atoms with Crippen molar-refractivity contribution in [3.8, 4) is 0 Å². The van der Waals surface area contributed by atoms with E-state index < -0.39 is 0 Å². The van der Waals surface area contributed by atoms with Crippen LogP contribution in [0.4, 0.5) is 0 Å². The molecule has 0 amide bonds. The van der Waals surface area contributed by atoms with Crippen molar-refractivity contribution in [3.05, 3.63) is 0 Å². The van der Waals surface area contributed by atoms with Crippen molar-refractivity contribution in [2.75, 3.05) is 57.8 Å². The second-order valence-electron chi connectivity index (χ2n) is 6.45. The second kappa shape index (κ2) is 6.79. The van der Waals surface area contributed by atoms with Gasteiger partial charge in [-0.25, -0.2) is 0 Å². The Labute approximate surface area is 122 Å². The standard InChI is InChI=1S/C15H29N3S/c1-16-6-2-14(3-7-16)17-8-4-15(5-9-17)18-10-12-19-13-11-18/h14-15H,2-13H2,1H3. The molecule has 0 unspecified atom stereocenters. The maximum absolute atomic E-state index is 2.79. The first kappa shape index (κ1) is 14.2. The van der Waals surface area contributed by atoms with Gasteiger partial charge in [0.25, 0.3) is 0 Å². The Morgan fingerprint density at radius 2 is 1.16 bits per heavy atom. The summed E-state index contributed by atoms with van der Waals surface area (Å²) >= 11 is 2.13. The Hall–Kier alpha value is 0.230. The lowest BCUT2D eigenvalue weighted by Gasteiger charge is -2.44. The molecule has 3 aliphatic rings. The largest absolute Gasteiger partial charge is 0.306 e. The average Bonchev–Trinajstić information content (AvgIpc) is 2.49. The fraction of sp³-hybridized carbons (Fsp3) is 1.00. The molecule has 0 N–H and O–H groups in total. The SMILES string of the molecule is CN1CCC(N2CCC(N3CCSCC3)CC2)CC1. The van der Waals surface area contributed by atoms with E-state index >= 15 is 0 Å². The summed E-state index contributed by atoms with van der Waals surface area (Å²) in [5, 5.41) is 0. The third-order valence-electron chi connectivity index (χ3n) is 5.27. The second-order valence-corrected chi connectivity index (χ2v) is 7.67. The van der Waals surface area contributed by atoms with Crippen LogP contribution >= 0.6 is 11.8 Å². The van der Waals surface area contributed by atoms with E-state index in [1.54, 1.807) is 0 Å². The van der Waals surface area contributed by atoms with E-state index in [4.69, 9.17) is 0 Å². The van der Waals surface area contributed by atoms with Crippen molar-refractivity contribution in [3.63, 3.8) is 0 Å². The summed E-state index contributed by atoms with van der Waals surface area (Å²) < 4.78 is 0. The van der Waals surface area contributed by atoms with Crippen LogP contribution in [-0.4, -0.2) is 84.6 Å². The molecule has 3 nitrogen and oxygen atoms in total. The number of hydrogen-bond donors (Lipinski definition) is 0. The maximum Gasteiger partial charge on any atom is 0.0120 e. The fourth-order valence-corrected chi connectivity index (χ4v) is 4.85. The number of nitrogens with zero attached hydrogens (tertiary/aromatic N) is 3. The number of likely N-dealkylation sites (tertiary alicyclic amines) is 2. The monoisotopic (exact) mass is 283 g/mol. The minimum Gasteiger partial charge on any atom is -0.306 e. The van der Waals surface area contributed by atoms with Crippen molar-refractivity contribution >= 4 is 11.8 Å². The van der Waals surface area contributed by atoms with Gasteiger partial charge in [-0.1, -0.05) is 0 Å². The number of piperidine rings is 2. The van der Waals surface area contributed by atoms with E-state index in [1.807, 2.05) is 0 Å². The van der Waals surface area contributed by atoms with E-state index in [0.29, 0.717) is 0 Å². The van der Waals surface area contributed by atoms with Gasteiger partial charge in [-0.3, -0.25) is 4.90 Å². The van der Waals surface area contributed by atoms with Crippen molar-refractivity contribution in [2.45, 2.75) is 37.8 Å². The smallest absolute Gasteiger partial charge is 0.0120 e. The quantitative estimate of drug-likeness (QED) is 0.761. The molecular weight excluding hydrogens is 254 g/mol. The minimum atomic E-state index is 0.883. The molecule has 110 valence electrons. The van der Waals surface area contributed by atoms with E-state index in [0.717, 1.165) is 12.1 Å². The summed E-state index contributed by atoms with van der Waals surface area (Å²) in [5.41, 5.74) is 0. The molecule has 3 rings (SSSR count). The highest BCUT2D eigenvalue weighted by Crippen LogP contribution is 2.24. The summed E-state index contributed by atoms with van der Waals surface area (Å²) in [7, 11) is 2.26. The van der Waals surface area contributed by atoms with Gasteiger partial charge >= 0.3 is 0 Å². The molecule has 0 bridgehead atoms. The lowest BCUT2D eigenvalue weighted by atomic mass is 9.97. The predicted molar refractivity (Wildman–Crippen MR) is 84.0 cm³/mol. The summed E-state index contributed by atoms with van der Waals surface area (Å²) in [6.07, 6.45) is 5.61. The van der Waals surface area contributed by atoms with E-state index in [-0.39, 0.29) is 0 Å². The van der Waals surface area contributed by atoms with Gasteiger partial charge in [-0.2, -0.15) is 11.8 Å². The van der Waals surface area contributed by atoms with Crippen LogP contribution in [0.2, 0.25) is 0 Å². The third kappa shape index (κ3) is 3.66. The first-order valence-corrected chi connectivity index (χ1v) is 9.23. The van der Waals surface area contributed by atoms with Gasteiger partial charge in [0.2, 0.25) is 0 Å². The van der Waals surface area contributed by atoms with Crippen molar-refractivity contribution in [1.29, 1.82) is 0 Å². The zero-order valence-corrected chi connectivity index (χ0v) is 13.2. The highest BCUT2D eigenvalue weighted by atomic mass is 32.2. The van der Waals surface area contributed by atoms with Gasteiger partial charge in [-0.05, 0) is 58.9 Å². The first-order valence-electron chi connectivity index (χ1n) is 8.07. The number of thioether (sulfide) groups is 1. The van der Waals surface area contributed by atoms with Crippen molar-refractivity contribution < 1.29 is 0 Å². The number of rotatable bonds is 2. The lowest BCUT2D eigenvalue weighted by Crippen LogP contribution is -2.52. The van der Waals surface area contributed by atoms with Crippen molar-refractivity contribution in [1.82, 2.24) is 14.7 Å². The van der Waals surface area contributed by atoms with Crippen molar-refractivity contribution in [2.24, 2.45) is 0 Å². The Balaban J connectivity index is 1.44. The molecule has 0 aromatic rings. The molecule has 3 aliphatic heterocycles. The van der Waals surface area contributed by atoms with Gasteiger partial charge in [-0.15, -0.1) is 0 Å². The van der Waals surface area contributed by atoms with Crippen LogP contribution in [0.3, 0.4) is 0 Å². The molecule has 0 spiro atoms. The molecule has 0 aliphatic carbocycles. The molecule has 3 saturated heterocycles. The summed E-state index contributed by atoms with van der Waals surface area (Å²) in [6.45, 7) is 7.97. The topological polar surface area (TPSA) is 9.72 Å². The van der Waals surface area contributed by atoms with Gasteiger partial charge in [0.1, 0.15) is 0 Å². The first-order chi connectivity index (χ1) is 9.33. The zero-order chi connectivity index (χ0) is 13.1. The van der Waals surface area contributed by atoms with E-state index in [1.165, 1.54) is 76.5 Å². The van der Waals surface area contributed by atoms with Gasteiger partial charge in [0.15, 0.2) is 0 Å². The van der Waals surface area contributed by atoms with E-state index in [9.17, 15) is 0 Å². The van der Waals surface area contributed by atoms with Gasteiger partial charge in [0.05, 0.1) is 0 Å². The Morgan fingerprint density at radius 3 is 1.74 bits per heavy atom. The molecule has 3 fully saturated rings. The molecule has 0 saturated carbocycles. The van der Waals surface area contributed by atoms with E-state index in [2.05, 4.69) is 33.5 Å². The summed E-state index contributed by atoms with van der Waals surface area (Å²) in [5.74, 6) is 2.71.